The first-order chi connectivity index (χ1) is 12.6. The van der Waals surface area contributed by atoms with Crippen LogP contribution in [0.15, 0.2) is 4.99 Å². The van der Waals surface area contributed by atoms with Crippen molar-refractivity contribution in [3.05, 3.63) is 0 Å². The van der Waals surface area contributed by atoms with Gasteiger partial charge >= 0.3 is 0 Å². The third-order valence-electron chi connectivity index (χ3n) is 4.94. The van der Waals surface area contributed by atoms with Crippen molar-refractivity contribution >= 4 is 24.3 Å². The number of aliphatic imine (C=N–C) groups is 1. The van der Waals surface area contributed by atoms with Crippen LogP contribution in [-0.2, 0) is 0 Å². The predicted octanol–water partition coefficient (Wildman–Crippen LogP) is 5.81. The summed E-state index contributed by atoms with van der Waals surface area (Å²) in [5, 5.41) is 7.69. The lowest BCUT2D eigenvalue weighted by molar-refractivity contribution is 0.457. The van der Waals surface area contributed by atoms with E-state index in [1.165, 1.54) is 96.3 Å². The number of nitrogens with one attached hydrogen (secondary N) is 1. The summed E-state index contributed by atoms with van der Waals surface area (Å²) >= 11 is 0. The molecule has 0 aromatic heterocycles. The Hall–Kier alpha value is -0.970. The number of nitrogens with two attached hydrogens (primary N) is 2. The average molecular weight is 404 g/mol. The zero-order valence-electron chi connectivity index (χ0n) is 18.0. The first-order valence-corrected chi connectivity index (χ1v) is 11.0. The van der Waals surface area contributed by atoms with E-state index in [9.17, 15) is 0 Å². The van der Waals surface area contributed by atoms with Gasteiger partial charge in [-0.25, -0.2) is 0 Å². The molecule has 5 N–H and O–H groups in total. The molecule has 27 heavy (non-hydrogen) atoms. The number of nitrogens with zero attached hydrogens (tertiary/aromatic N) is 2. The molecular weight excluding hydrogens is 358 g/mol. The monoisotopic (exact) mass is 403 g/mol. The van der Waals surface area contributed by atoms with Gasteiger partial charge in [0.05, 0.1) is 0 Å². The first kappa shape index (κ1) is 28.2. The molecule has 0 rings (SSSR count). The number of unbranched alkanes of at least 4 members (excludes halogenated alkanes) is 15. The Morgan fingerprint density at radius 1 is 0.704 bits per heavy atom. The van der Waals surface area contributed by atoms with Gasteiger partial charge in [-0.1, -0.05) is 103 Å². The molecule has 0 atom stereocenters. The molecule has 0 bridgehead atoms. The Morgan fingerprint density at radius 2 is 1.04 bits per heavy atom. The van der Waals surface area contributed by atoms with Gasteiger partial charge in [-0.3, -0.25) is 5.41 Å². The summed E-state index contributed by atoms with van der Waals surface area (Å²) in [5.41, 5.74) is 10.6. The smallest absolute Gasteiger partial charge is 0.220 e. The Morgan fingerprint density at radius 3 is 1.37 bits per heavy atom. The zero-order valence-corrected chi connectivity index (χ0v) is 18.8. The summed E-state index contributed by atoms with van der Waals surface area (Å²) in [4.78, 5) is 5.55. The van der Waals surface area contributed by atoms with Crippen LogP contribution in [-0.4, -0.2) is 30.4 Å². The van der Waals surface area contributed by atoms with E-state index in [-0.39, 0.29) is 24.3 Å². The Kier molecular flexibility index (Phi) is 22.3. The van der Waals surface area contributed by atoms with Gasteiger partial charge in [0.2, 0.25) is 5.96 Å². The minimum atomic E-state index is -0.0474. The van der Waals surface area contributed by atoms with Crippen molar-refractivity contribution in [3.63, 3.8) is 0 Å². The van der Waals surface area contributed by atoms with E-state index in [4.69, 9.17) is 16.9 Å². The van der Waals surface area contributed by atoms with Crippen LogP contribution in [0, 0.1) is 5.41 Å². The molecule has 0 aliphatic carbocycles. The molecule has 0 spiro atoms. The number of guanidine groups is 2. The van der Waals surface area contributed by atoms with Gasteiger partial charge in [-0.15, -0.1) is 12.4 Å². The van der Waals surface area contributed by atoms with Gasteiger partial charge < -0.3 is 16.4 Å². The lowest BCUT2D eigenvalue weighted by Crippen LogP contribution is -2.31. The number of hydrogen-bond donors (Lipinski definition) is 3. The highest BCUT2D eigenvalue weighted by Crippen LogP contribution is 2.13. The largest absolute Gasteiger partial charge is 0.370 e. The van der Waals surface area contributed by atoms with Crippen molar-refractivity contribution in [1.29, 1.82) is 5.41 Å². The van der Waals surface area contributed by atoms with Crippen LogP contribution in [0.5, 0.6) is 0 Å². The Bertz CT molecular complexity index is 356. The molecule has 6 heteroatoms. The molecule has 0 amide bonds. The topological polar surface area (TPSA) is 91.5 Å². The van der Waals surface area contributed by atoms with E-state index in [1.807, 2.05) is 7.05 Å². The molecule has 0 heterocycles. The highest BCUT2D eigenvalue weighted by Gasteiger charge is 2.02. The van der Waals surface area contributed by atoms with Gasteiger partial charge in [0.15, 0.2) is 5.96 Å². The minimum Gasteiger partial charge on any atom is -0.370 e. The normalized spacial score (nSPS) is 10.3. The highest BCUT2D eigenvalue weighted by molar-refractivity contribution is 5.91. The molecule has 0 aromatic rings. The van der Waals surface area contributed by atoms with E-state index >= 15 is 0 Å². The summed E-state index contributed by atoms with van der Waals surface area (Å²) in [6.45, 7) is 3.12. The van der Waals surface area contributed by atoms with Crippen molar-refractivity contribution < 1.29 is 0 Å². The molecule has 0 saturated heterocycles. The summed E-state index contributed by atoms with van der Waals surface area (Å²) < 4.78 is 0. The molecule has 0 saturated carbocycles. The summed E-state index contributed by atoms with van der Waals surface area (Å²) in [6, 6.07) is 0. The number of rotatable bonds is 17. The SMILES string of the molecule is CCCCCCCCCCCCCCCCCCN(C)C(=N)N=C(N)N.Cl. The molecule has 5 nitrogen and oxygen atoms in total. The van der Waals surface area contributed by atoms with Gasteiger partial charge in [0.25, 0.3) is 0 Å². The zero-order chi connectivity index (χ0) is 19.5. The summed E-state index contributed by atoms with van der Waals surface area (Å²) in [6.07, 6.45) is 21.9. The van der Waals surface area contributed by atoms with Crippen LogP contribution in [0.4, 0.5) is 0 Å². The maximum absolute atomic E-state index is 7.69. The van der Waals surface area contributed by atoms with Crippen LogP contribution < -0.4 is 11.5 Å². The molecule has 0 aliphatic heterocycles. The van der Waals surface area contributed by atoms with E-state index in [0.717, 1.165) is 13.0 Å². The van der Waals surface area contributed by atoms with Crippen molar-refractivity contribution in [2.75, 3.05) is 13.6 Å². The van der Waals surface area contributed by atoms with Crippen LogP contribution in [0.2, 0.25) is 0 Å². The maximum Gasteiger partial charge on any atom is 0.220 e. The molecule has 0 unspecified atom stereocenters. The predicted molar refractivity (Wildman–Crippen MR) is 123 cm³/mol. The standard InChI is InChI=1S/C21H45N5.ClH/c1-3-4-5-6-7-8-9-10-11-12-13-14-15-16-17-18-19-26(2)21(24)25-20(22)23;/h3-19H2,1-2H3,(H5,22,23,24,25);1H. The second-order valence-electron chi connectivity index (χ2n) is 7.59. The highest BCUT2D eigenvalue weighted by atomic mass is 35.5. The fourth-order valence-corrected chi connectivity index (χ4v) is 3.21. The third-order valence-corrected chi connectivity index (χ3v) is 4.94. The van der Waals surface area contributed by atoms with Gasteiger partial charge in [-0.2, -0.15) is 4.99 Å². The second kappa shape index (κ2) is 21.3. The molecule has 0 fully saturated rings. The van der Waals surface area contributed by atoms with Gasteiger partial charge in [-0.05, 0) is 6.42 Å². The second-order valence-corrected chi connectivity index (χ2v) is 7.59. The third kappa shape index (κ3) is 21.2. The van der Waals surface area contributed by atoms with Crippen molar-refractivity contribution in [2.24, 2.45) is 16.5 Å². The van der Waals surface area contributed by atoms with E-state index in [0.29, 0.717) is 0 Å². The van der Waals surface area contributed by atoms with E-state index in [2.05, 4.69) is 11.9 Å². The van der Waals surface area contributed by atoms with Crippen molar-refractivity contribution in [2.45, 2.75) is 110 Å². The van der Waals surface area contributed by atoms with Gasteiger partial charge in [0.1, 0.15) is 0 Å². The molecule has 0 radical (unpaired) electrons. The van der Waals surface area contributed by atoms with Crippen molar-refractivity contribution in [1.82, 2.24) is 4.90 Å². The summed E-state index contributed by atoms with van der Waals surface area (Å²) in [5.74, 6) is 0.0970. The molecule has 0 aromatic carbocycles. The summed E-state index contributed by atoms with van der Waals surface area (Å²) in [7, 11) is 1.86. The Balaban J connectivity index is 0. The number of hydrogen-bond acceptors (Lipinski definition) is 1. The first-order valence-electron chi connectivity index (χ1n) is 11.0. The minimum absolute atomic E-state index is 0. The van der Waals surface area contributed by atoms with E-state index < -0.39 is 0 Å². The van der Waals surface area contributed by atoms with Crippen molar-refractivity contribution in [3.8, 4) is 0 Å². The van der Waals surface area contributed by atoms with Crippen LogP contribution in [0.3, 0.4) is 0 Å². The fraction of sp³-hybridized carbons (Fsp3) is 0.905. The van der Waals surface area contributed by atoms with Crippen LogP contribution >= 0.6 is 12.4 Å². The molecule has 0 aliphatic rings. The maximum atomic E-state index is 7.69. The average Bonchev–Trinajstić information content (AvgIpc) is 2.60. The molecular formula is C21H46ClN5. The quantitative estimate of drug-likeness (QED) is 0.162. The van der Waals surface area contributed by atoms with Gasteiger partial charge in [0, 0.05) is 13.6 Å². The van der Waals surface area contributed by atoms with Crippen LogP contribution in [0.25, 0.3) is 0 Å². The lowest BCUT2D eigenvalue weighted by Gasteiger charge is -2.16. The fourth-order valence-electron chi connectivity index (χ4n) is 3.21. The Labute approximate surface area is 174 Å². The lowest BCUT2D eigenvalue weighted by atomic mass is 10.0. The van der Waals surface area contributed by atoms with Crippen LogP contribution in [0.1, 0.15) is 110 Å². The number of halogens is 1. The van der Waals surface area contributed by atoms with E-state index in [1.54, 1.807) is 4.90 Å². The molecule has 162 valence electrons.